The maximum absolute atomic E-state index is 2.45. The molecule has 2 heteroatoms. The molecule has 0 unspecified atom stereocenters. The first-order valence-electron chi connectivity index (χ1n) is 6.87. The zero-order chi connectivity index (χ0) is 13.4. The van der Waals surface area contributed by atoms with Crippen molar-refractivity contribution in [3.8, 4) is 0 Å². The van der Waals surface area contributed by atoms with Gasteiger partial charge in [-0.15, -0.1) is 0 Å². The second-order valence-electron chi connectivity index (χ2n) is 5.41. The minimum atomic E-state index is 0.509. The van der Waals surface area contributed by atoms with Crippen molar-refractivity contribution < 1.29 is 0 Å². The van der Waals surface area contributed by atoms with Crippen LogP contribution in [0.3, 0.4) is 0 Å². The average Bonchev–Trinajstić information content (AvgIpc) is 2.79. The van der Waals surface area contributed by atoms with Gasteiger partial charge in [0, 0.05) is 11.7 Å². The molecule has 0 radical (unpaired) electrons. The molecule has 2 aromatic carbocycles. The van der Waals surface area contributed by atoms with Gasteiger partial charge in [0.25, 0.3) is 0 Å². The summed E-state index contributed by atoms with van der Waals surface area (Å²) >= 11 is 0. The topological polar surface area (TPSA) is 6.48 Å². The molecular weight excluding hydrogens is 232 g/mol. The van der Waals surface area contributed by atoms with Gasteiger partial charge in [-0.2, -0.15) is 0 Å². The van der Waals surface area contributed by atoms with E-state index in [-0.39, 0.29) is 0 Å². The zero-order valence-electron chi connectivity index (χ0n) is 11.8. The Kier molecular flexibility index (Phi) is 2.94. The van der Waals surface area contributed by atoms with E-state index in [1.807, 2.05) is 0 Å². The minimum Gasteiger partial charge on any atom is -0.349 e. The standard InChI is InChI=1S/C17H20N2/c1-13(2)18-12-19(15-9-5-4-8-14(15)3)17-11-7-6-10-16(17)18/h4-11,13H,12H2,1-3H3. The van der Waals surface area contributed by atoms with Crippen LogP contribution in [0.5, 0.6) is 0 Å². The summed E-state index contributed by atoms with van der Waals surface area (Å²) in [5.41, 5.74) is 5.27. The van der Waals surface area contributed by atoms with Crippen LogP contribution in [0.15, 0.2) is 48.5 Å². The van der Waals surface area contributed by atoms with Crippen LogP contribution in [-0.4, -0.2) is 12.7 Å². The number of nitrogens with zero attached hydrogens (tertiary/aromatic N) is 2. The zero-order valence-corrected chi connectivity index (χ0v) is 11.8. The number of aryl methyl sites for hydroxylation is 1. The van der Waals surface area contributed by atoms with Crippen molar-refractivity contribution in [2.24, 2.45) is 0 Å². The molecule has 2 nitrogen and oxygen atoms in total. The lowest BCUT2D eigenvalue weighted by Gasteiger charge is -2.25. The summed E-state index contributed by atoms with van der Waals surface area (Å²) in [5, 5.41) is 0. The molecule has 98 valence electrons. The van der Waals surface area contributed by atoms with Crippen molar-refractivity contribution in [1.82, 2.24) is 0 Å². The third-order valence-electron chi connectivity index (χ3n) is 3.81. The van der Waals surface area contributed by atoms with Gasteiger partial charge in [0.2, 0.25) is 0 Å². The molecule has 0 N–H and O–H groups in total. The molecule has 1 heterocycles. The maximum Gasteiger partial charge on any atom is 0.0955 e. The summed E-state index contributed by atoms with van der Waals surface area (Å²) < 4.78 is 0. The van der Waals surface area contributed by atoms with Crippen LogP contribution in [0.2, 0.25) is 0 Å². The van der Waals surface area contributed by atoms with Crippen LogP contribution in [0.1, 0.15) is 19.4 Å². The number of hydrogen-bond acceptors (Lipinski definition) is 2. The lowest BCUT2D eigenvalue weighted by molar-refractivity contribution is 0.709. The summed E-state index contributed by atoms with van der Waals surface area (Å²) in [4.78, 5) is 4.85. The number of fused-ring (bicyclic) bond motifs is 1. The Morgan fingerprint density at radius 1 is 0.842 bits per heavy atom. The second kappa shape index (κ2) is 4.61. The minimum absolute atomic E-state index is 0.509. The molecule has 0 saturated carbocycles. The van der Waals surface area contributed by atoms with Crippen LogP contribution in [0, 0.1) is 6.92 Å². The molecule has 0 fully saturated rings. The first-order chi connectivity index (χ1) is 9.18. The van der Waals surface area contributed by atoms with Gasteiger partial charge in [0.15, 0.2) is 0 Å². The van der Waals surface area contributed by atoms with E-state index in [1.165, 1.54) is 22.6 Å². The Morgan fingerprint density at radius 2 is 1.42 bits per heavy atom. The Hall–Kier alpha value is -1.96. The van der Waals surface area contributed by atoms with Crippen molar-refractivity contribution in [2.75, 3.05) is 16.5 Å². The lowest BCUT2D eigenvalue weighted by Crippen LogP contribution is -2.33. The van der Waals surface area contributed by atoms with E-state index < -0.39 is 0 Å². The molecule has 19 heavy (non-hydrogen) atoms. The van der Waals surface area contributed by atoms with Gasteiger partial charge in [-0.1, -0.05) is 30.3 Å². The van der Waals surface area contributed by atoms with Gasteiger partial charge in [-0.3, -0.25) is 0 Å². The number of rotatable bonds is 2. The fraction of sp³-hybridized carbons (Fsp3) is 0.294. The van der Waals surface area contributed by atoms with Gasteiger partial charge in [0.05, 0.1) is 18.0 Å². The molecule has 3 rings (SSSR count). The quantitative estimate of drug-likeness (QED) is 0.785. The predicted molar refractivity (Wildman–Crippen MR) is 82.2 cm³/mol. The molecule has 1 aliphatic heterocycles. The van der Waals surface area contributed by atoms with Crippen LogP contribution < -0.4 is 9.80 Å². The Labute approximate surface area is 115 Å². The van der Waals surface area contributed by atoms with Crippen molar-refractivity contribution >= 4 is 17.1 Å². The molecule has 0 bridgehead atoms. The van der Waals surface area contributed by atoms with Crippen LogP contribution in [0.4, 0.5) is 17.1 Å². The van der Waals surface area contributed by atoms with Crippen molar-refractivity contribution in [1.29, 1.82) is 0 Å². The number of anilines is 3. The molecule has 0 spiro atoms. The van der Waals surface area contributed by atoms with E-state index in [4.69, 9.17) is 0 Å². The Bertz CT molecular complexity index is 589. The summed E-state index contributed by atoms with van der Waals surface area (Å²) in [5.74, 6) is 0. The SMILES string of the molecule is Cc1ccccc1N1CN(C(C)C)c2ccccc21. The van der Waals surface area contributed by atoms with Gasteiger partial charge in [-0.25, -0.2) is 0 Å². The number of hydrogen-bond donors (Lipinski definition) is 0. The average molecular weight is 252 g/mol. The smallest absolute Gasteiger partial charge is 0.0955 e. The first-order valence-corrected chi connectivity index (χ1v) is 6.87. The highest BCUT2D eigenvalue weighted by Crippen LogP contribution is 2.41. The summed E-state index contributed by atoms with van der Waals surface area (Å²) in [7, 11) is 0. The summed E-state index contributed by atoms with van der Waals surface area (Å²) in [6, 6.07) is 17.8. The molecule has 1 aliphatic rings. The van der Waals surface area contributed by atoms with Crippen molar-refractivity contribution in [2.45, 2.75) is 26.8 Å². The predicted octanol–water partition coefficient (Wildman–Crippen LogP) is 4.32. The molecule has 2 aromatic rings. The largest absolute Gasteiger partial charge is 0.349 e. The van der Waals surface area contributed by atoms with Gasteiger partial charge in [0.1, 0.15) is 0 Å². The van der Waals surface area contributed by atoms with E-state index in [1.54, 1.807) is 0 Å². The van der Waals surface area contributed by atoms with Crippen LogP contribution >= 0.6 is 0 Å². The monoisotopic (exact) mass is 252 g/mol. The number of benzene rings is 2. The fourth-order valence-corrected chi connectivity index (χ4v) is 2.75. The fourth-order valence-electron chi connectivity index (χ4n) is 2.75. The number of para-hydroxylation sites is 3. The van der Waals surface area contributed by atoms with Crippen molar-refractivity contribution in [3.05, 3.63) is 54.1 Å². The van der Waals surface area contributed by atoms with Crippen LogP contribution in [-0.2, 0) is 0 Å². The highest BCUT2D eigenvalue weighted by Gasteiger charge is 2.28. The van der Waals surface area contributed by atoms with Gasteiger partial charge >= 0.3 is 0 Å². The Morgan fingerprint density at radius 3 is 2.05 bits per heavy atom. The molecular formula is C17H20N2. The summed E-state index contributed by atoms with van der Waals surface area (Å²) in [6.07, 6.45) is 0. The maximum atomic E-state index is 2.45. The van der Waals surface area contributed by atoms with Crippen LogP contribution in [0.25, 0.3) is 0 Å². The molecule has 0 aromatic heterocycles. The molecule has 0 saturated heterocycles. The van der Waals surface area contributed by atoms with E-state index in [2.05, 4.69) is 79.1 Å². The van der Waals surface area contributed by atoms with E-state index in [0.29, 0.717) is 6.04 Å². The molecule has 0 atom stereocenters. The van der Waals surface area contributed by atoms with E-state index >= 15 is 0 Å². The molecule has 0 amide bonds. The second-order valence-corrected chi connectivity index (χ2v) is 5.41. The lowest BCUT2D eigenvalue weighted by atomic mass is 10.1. The third-order valence-corrected chi connectivity index (χ3v) is 3.81. The first kappa shape index (κ1) is 12.1. The third kappa shape index (κ3) is 1.97. The highest BCUT2D eigenvalue weighted by atomic mass is 15.4. The van der Waals surface area contributed by atoms with E-state index in [9.17, 15) is 0 Å². The summed E-state index contributed by atoms with van der Waals surface area (Å²) in [6.45, 7) is 7.61. The van der Waals surface area contributed by atoms with Gasteiger partial charge < -0.3 is 9.80 Å². The Balaban J connectivity index is 2.09. The van der Waals surface area contributed by atoms with E-state index in [0.717, 1.165) is 6.67 Å². The van der Waals surface area contributed by atoms with Gasteiger partial charge in [-0.05, 0) is 44.5 Å². The van der Waals surface area contributed by atoms with Crippen molar-refractivity contribution in [3.63, 3.8) is 0 Å². The normalized spacial score (nSPS) is 14.1. The highest BCUT2D eigenvalue weighted by molar-refractivity contribution is 5.83. The molecule has 0 aliphatic carbocycles.